The Kier molecular flexibility index (Phi) is 4.74. The van der Waals surface area contributed by atoms with E-state index in [0.717, 1.165) is 6.54 Å². The molecule has 21 heavy (non-hydrogen) atoms. The van der Waals surface area contributed by atoms with Crippen LogP contribution in [-0.4, -0.2) is 19.7 Å². The van der Waals surface area contributed by atoms with Crippen molar-refractivity contribution in [1.82, 2.24) is 14.8 Å². The molecule has 0 N–H and O–H groups in total. The summed E-state index contributed by atoms with van der Waals surface area (Å²) in [6.45, 7) is 5.14. The highest BCUT2D eigenvalue weighted by Crippen LogP contribution is 2.28. The Morgan fingerprint density at radius 2 is 2.24 bits per heavy atom. The zero-order valence-electron chi connectivity index (χ0n) is 11.7. The largest absolute Gasteiger partial charge is 0.486 e. The van der Waals surface area contributed by atoms with Crippen LogP contribution >= 0.6 is 11.6 Å². The van der Waals surface area contributed by atoms with E-state index in [1.807, 2.05) is 0 Å². The second kappa shape index (κ2) is 6.53. The van der Waals surface area contributed by atoms with Gasteiger partial charge in [-0.05, 0) is 12.0 Å². The van der Waals surface area contributed by atoms with Gasteiger partial charge in [0, 0.05) is 18.7 Å². The van der Waals surface area contributed by atoms with E-state index in [4.69, 9.17) is 16.3 Å². The highest BCUT2D eigenvalue weighted by Gasteiger charge is 2.13. The van der Waals surface area contributed by atoms with Crippen LogP contribution in [0.5, 0.6) is 5.75 Å². The van der Waals surface area contributed by atoms with Crippen molar-refractivity contribution in [3.05, 3.63) is 45.5 Å². The standard InChI is InChI=1S/C13H15ClN4O3/c1-9(2)6-17-13(15-8-16-17)7-21-10-3-4-12(18(19)20)11(14)5-10/h3-5,8-9H,6-7H2,1-2H3. The number of ether oxygens (including phenoxy) is 1. The fourth-order valence-electron chi connectivity index (χ4n) is 1.77. The van der Waals surface area contributed by atoms with Gasteiger partial charge in [0.1, 0.15) is 23.7 Å². The van der Waals surface area contributed by atoms with Crippen molar-refractivity contribution in [2.75, 3.05) is 0 Å². The van der Waals surface area contributed by atoms with Crippen molar-refractivity contribution >= 4 is 17.3 Å². The maximum atomic E-state index is 10.7. The summed E-state index contributed by atoms with van der Waals surface area (Å²) < 4.78 is 7.33. The van der Waals surface area contributed by atoms with Gasteiger partial charge in [-0.1, -0.05) is 25.4 Å². The lowest BCUT2D eigenvalue weighted by Gasteiger charge is -2.10. The van der Waals surface area contributed by atoms with Crippen LogP contribution in [0, 0.1) is 16.0 Å². The molecule has 0 saturated carbocycles. The number of hydrogen-bond donors (Lipinski definition) is 0. The molecule has 0 spiro atoms. The Morgan fingerprint density at radius 1 is 1.48 bits per heavy atom. The van der Waals surface area contributed by atoms with Gasteiger partial charge in [0.05, 0.1) is 4.92 Å². The molecule has 0 fully saturated rings. The number of aromatic nitrogens is 3. The Morgan fingerprint density at radius 3 is 2.86 bits per heavy atom. The normalized spacial score (nSPS) is 10.9. The molecule has 7 nitrogen and oxygen atoms in total. The molecule has 0 atom stereocenters. The highest BCUT2D eigenvalue weighted by atomic mass is 35.5. The van der Waals surface area contributed by atoms with Crippen LogP contribution in [0.15, 0.2) is 24.5 Å². The molecule has 0 amide bonds. The minimum Gasteiger partial charge on any atom is -0.486 e. The number of hydrogen-bond acceptors (Lipinski definition) is 5. The second-order valence-electron chi connectivity index (χ2n) is 4.91. The first-order valence-electron chi connectivity index (χ1n) is 6.40. The zero-order chi connectivity index (χ0) is 15.4. The van der Waals surface area contributed by atoms with Crippen molar-refractivity contribution in [3.63, 3.8) is 0 Å². The molecule has 1 heterocycles. The van der Waals surface area contributed by atoms with Crippen molar-refractivity contribution in [3.8, 4) is 5.75 Å². The van der Waals surface area contributed by atoms with Crippen LogP contribution in [0.1, 0.15) is 19.7 Å². The van der Waals surface area contributed by atoms with E-state index in [-0.39, 0.29) is 17.3 Å². The van der Waals surface area contributed by atoms with E-state index in [1.165, 1.54) is 24.5 Å². The molecule has 1 aromatic heterocycles. The van der Waals surface area contributed by atoms with E-state index in [1.54, 1.807) is 4.68 Å². The number of nitrogens with zero attached hydrogens (tertiary/aromatic N) is 4. The minimum absolute atomic E-state index is 0.0427. The minimum atomic E-state index is -0.536. The third kappa shape index (κ3) is 3.91. The molecule has 8 heteroatoms. The van der Waals surface area contributed by atoms with Gasteiger partial charge in [-0.25, -0.2) is 9.67 Å². The Balaban J connectivity index is 2.05. The molecule has 0 aliphatic rings. The predicted molar refractivity (Wildman–Crippen MR) is 77.3 cm³/mol. The first-order valence-corrected chi connectivity index (χ1v) is 6.78. The molecule has 2 rings (SSSR count). The van der Waals surface area contributed by atoms with Crippen LogP contribution in [0.2, 0.25) is 5.02 Å². The van der Waals surface area contributed by atoms with Crippen molar-refractivity contribution in [1.29, 1.82) is 0 Å². The lowest BCUT2D eigenvalue weighted by Crippen LogP contribution is -2.12. The van der Waals surface area contributed by atoms with E-state index >= 15 is 0 Å². The third-order valence-corrected chi connectivity index (χ3v) is 3.02. The summed E-state index contributed by atoms with van der Waals surface area (Å²) in [6, 6.07) is 4.24. The SMILES string of the molecule is CC(C)Cn1ncnc1COc1ccc([N+](=O)[O-])c(Cl)c1. The molecular formula is C13H15ClN4O3. The van der Waals surface area contributed by atoms with Gasteiger partial charge in [0.2, 0.25) is 0 Å². The van der Waals surface area contributed by atoms with Gasteiger partial charge >= 0.3 is 0 Å². The second-order valence-corrected chi connectivity index (χ2v) is 5.32. The van der Waals surface area contributed by atoms with E-state index in [0.29, 0.717) is 17.5 Å². The van der Waals surface area contributed by atoms with Gasteiger partial charge in [-0.2, -0.15) is 5.10 Å². The molecule has 1 aromatic carbocycles. The number of benzene rings is 1. The molecule has 0 unspecified atom stereocenters. The average Bonchev–Trinajstić information content (AvgIpc) is 2.82. The molecule has 112 valence electrons. The molecule has 0 aliphatic heterocycles. The number of halogens is 1. The van der Waals surface area contributed by atoms with Crippen LogP contribution in [0.25, 0.3) is 0 Å². The summed E-state index contributed by atoms with van der Waals surface area (Å²) >= 11 is 5.83. The smallest absolute Gasteiger partial charge is 0.288 e. The molecule has 0 bridgehead atoms. The zero-order valence-corrected chi connectivity index (χ0v) is 12.4. The number of rotatable bonds is 6. The van der Waals surface area contributed by atoms with Gasteiger partial charge in [0.15, 0.2) is 5.82 Å². The average molecular weight is 311 g/mol. The predicted octanol–water partition coefficient (Wildman–Crippen LogP) is 3.07. The van der Waals surface area contributed by atoms with Crippen molar-refractivity contribution in [2.45, 2.75) is 27.0 Å². The molecule has 0 saturated heterocycles. The van der Waals surface area contributed by atoms with E-state index < -0.39 is 4.92 Å². The fourth-order valence-corrected chi connectivity index (χ4v) is 2.01. The highest BCUT2D eigenvalue weighted by molar-refractivity contribution is 6.32. The Hall–Kier alpha value is -2.15. The molecule has 2 aromatic rings. The first-order chi connectivity index (χ1) is 9.97. The molecule has 0 aliphatic carbocycles. The Bertz CT molecular complexity index is 642. The van der Waals surface area contributed by atoms with Crippen LogP contribution in [0.4, 0.5) is 5.69 Å². The van der Waals surface area contributed by atoms with Crippen molar-refractivity contribution in [2.24, 2.45) is 5.92 Å². The van der Waals surface area contributed by atoms with Gasteiger partial charge in [-0.15, -0.1) is 0 Å². The fraction of sp³-hybridized carbons (Fsp3) is 0.385. The quantitative estimate of drug-likeness (QED) is 0.605. The summed E-state index contributed by atoms with van der Waals surface area (Å²) in [7, 11) is 0. The first kappa shape index (κ1) is 15.2. The summed E-state index contributed by atoms with van der Waals surface area (Å²) in [6.07, 6.45) is 1.48. The van der Waals surface area contributed by atoms with Crippen LogP contribution in [-0.2, 0) is 13.2 Å². The molecular weight excluding hydrogens is 296 g/mol. The van der Waals surface area contributed by atoms with Gasteiger partial charge in [-0.3, -0.25) is 10.1 Å². The van der Waals surface area contributed by atoms with Gasteiger partial charge < -0.3 is 4.74 Å². The summed E-state index contributed by atoms with van der Waals surface area (Å²) in [4.78, 5) is 14.3. The van der Waals surface area contributed by atoms with E-state index in [9.17, 15) is 10.1 Å². The summed E-state index contributed by atoms with van der Waals surface area (Å²) in [5.74, 6) is 1.59. The van der Waals surface area contributed by atoms with E-state index in [2.05, 4.69) is 23.9 Å². The van der Waals surface area contributed by atoms with Gasteiger partial charge in [0.25, 0.3) is 5.69 Å². The third-order valence-electron chi connectivity index (χ3n) is 2.72. The maximum Gasteiger partial charge on any atom is 0.288 e. The Labute approximate surface area is 126 Å². The number of nitro groups is 1. The monoisotopic (exact) mass is 310 g/mol. The number of nitro benzene ring substituents is 1. The molecule has 0 radical (unpaired) electrons. The van der Waals surface area contributed by atoms with Crippen LogP contribution in [0.3, 0.4) is 0 Å². The summed E-state index contributed by atoms with van der Waals surface area (Å²) in [5, 5.41) is 14.9. The summed E-state index contributed by atoms with van der Waals surface area (Å²) in [5.41, 5.74) is -0.146. The van der Waals surface area contributed by atoms with Crippen LogP contribution < -0.4 is 4.74 Å². The lowest BCUT2D eigenvalue weighted by atomic mass is 10.2. The lowest BCUT2D eigenvalue weighted by molar-refractivity contribution is -0.384. The van der Waals surface area contributed by atoms with Crippen molar-refractivity contribution < 1.29 is 9.66 Å². The topological polar surface area (TPSA) is 83.1 Å². The maximum absolute atomic E-state index is 10.7.